The van der Waals surface area contributed by atoms with E-state index in [0.717, 1.165) is 12.8 Å². The fourth-order valence-electron chi connectivity index (χ4n) is 1.31. The fraction of sp³-hybridized carbons (Fsp3) is 0.444. The van der Waals surface area contributed by atoms with E-state index in [1.165, 1.54) is 13.8 Å². The maximum Gasteiger partial charge on any atom is 0.303 e. The number of unbranched alkanes of at least 4 members (excludes halogenated alkanes) is 1. The van der Waals surface area contributed by atoms with Crippen LogP contribution >= 0.6 is 0 Å². The maximum atomic E-state index is 10.8. The van der Waals surface area contributed by atoms with E-state index < -0.39 is 6.10 Å². The molecule has 4 heteroatoms. The van der Waals surface area contributed by atoms with E-state index in [4.69, 9.17) is 9.47 Å². The molecule has 22 heavy (non-hydrogen) atoms. The molecular formula is C18H22O4. The molecule has 0 aliphatic rings. The Morgan fingerprint density at radius 3 is 2.55 bits per heavy atom. The van der Waals surface area contributed by atoms with Gasteiger partial charge in [-0.05, 0) is 43.1 Å². The van der Waals surface area contributed by atoms with Gasteiger partial charge in [0.1, 0.15) is 0 Å². The number of hydrogen-bond acceptors (Lipinski definition) is 4. The van der Waals surface area contributed by atoms with Crippen LogP contribution in [0.3, 0.4) is 0 Å². The van der Waals surface area contributed by atoms with Gasteiger partial charge in [0, 0.05) is 13.8 Å². The number of carbonyl (C=O) groups excluding carboxylic acids is 2. The second-order valence-electron chi connectivity index (χ2n) is 4.31. The largest absolute Gasteiger partial charge is 0.466 e. The minimum absolute atomic E-state index is 0.251. The zero-order chi connectivity index (χ0) is 16.6. The molecule has 0 aromatic heterocycles. The lowest BCUT2D eigenvalue weighted by Crippen LogP contribution is -2.12. The van der Waals surface area contributed by atoms with E-state index in [1.807, 2.05) is 25.2 Å². The zero-order valence-electron chi connectivity index (χ0n) is 13.3. The van der Waals surface area contributed by atoms with Crippen molar-refractivity contribution in [1.29, 1.82) is 0 Å². The maximum absolute atomic E-state index is 10.8. The van der Waals surface area contributed by atoms with Gasteiger partial charge in [0.05, 0.1) is 6.61 Å². The molecule has 0 N–H and O–H groups in total. The summed E-state index contributed by atoms with van der Waals surface area (Å²) in [5.41, 5.74) is 0. The molecule has 0 saturated carbocycles. The van der Waals surface area contributed by atoms with E-state index in [9.17, 15) is 9.59 Å². The van der Waals surface area contributed by atoms with Crippen LogP contribution < -0.4 is 0 Å². The molecule has 0 aliphatic heterocycles. The second kappa shape index (κ2) is 13.5. The average Bonchev–Trinajstić information content (AvgIpc) is 2.46. The number of carbonyl (C=O) groups is 2. The molecule has 4 nitrogen and oxygen atoms in total. The molecule has 0 radical (unpaired) electrons. The van der Waals surface area contributed by atoms with Crippen molar-refractivity contribution in [2.45, 2.75) is 46.1 Å². The van der Waals surface area contributed by atoms with Gasteiger partial charge in [0.15, 0.2) is 6.10 Å². The summed E-state index contributed by atoms with van der Waals surface area (Å²) in [5, 5.41) is 0. The first-order valence-electron chi connectivity index (χ1n) is 7.19. The van der Waals surface area contributed by atoms with E-state index in [0.29, 0.717) is 13.0 Å². The lowest BCUT2D eigenvalue weighted by Gasteiger charge is -2.06. The van der Waals surface area contributed by atoms with Gasteiger partial charge in [-0.1, -0.05) is 31.1 Å². The molecule has 1 unspecified atom stereocenters. The minimum Gasteiger partial charge on any atom is -0.466 e. The summed E-state index contributed by atoms with van der Waals surface area (Å²) in [7, 11) is 0. The van der Waals surface area contributed by atoms with Gasteiger partial charge in [0.25, 0.3) is 0 Å². The Morgan fingerprint density at radius 1 is 1.14 bits per heavy atom. The Bertz CT molecular complexity index is 521. The highest BCUT2D eigenvalue weighted by molar-refractivity contribution is 5.66. The highest BCUT2D eigenvalue weighted by Crippen LogP contribution is 1.96. The van der Waals surface area contributed by atoms with Crippen LogP contribution in [0.1, 0.15) is 40.0 Å². The van der Waals surface area contributed by atoms with E-state index in [1.54, 1.807) is 6.08 Å². The first-order valence-corrected chi connectivity index (χ1v) is 7.19. The summed E-state index contributed by atoms with van der Waals surface area (Å²) in [6, 6.07) is 0. The molecule has 0 aromatic carbocycles. The number of allylic oxidation sites excluding steroid dienone is 4. The topological polar surface area (TPSA) is 52.6 Å². The molecule has 0 aliphatic carbocycles. The third-order valence-corrected chi connectivity index (χ3v) is 2.29. The second-order valence-corrected chi connectivity index (χ2v) is 4.31. The van der Waals surface area contributed by atoms with Gasteiger partial charge in [-0.15, -0.1) is 0 Å². The molecule has 118 valence electrons. The monoisotopic (exact) mass is 302 g/mol. The van der Waals surface area contributed by atoms with Crippen LogP contribution in [0.15, 0.2) is 24.3 Å². The molecule has 0 aromatic rings. The minimum atomic E-state index is -0.395. The molecule has 0 fully saturated rings. The first-order chi connectivity index (χ1) is 10.6. The van der Waals surface area contributed by atoms with Gasteiger partial charge < -0.3 is 9.47 Å². The highest BCUT2D eigenvalue weighted by Gasteiger charge is 2.03. The van der Waals surface area contributed by atoms with Crippen molar-refractivity contribution in [1.82, 2.24) is 0 Å². The number of rotatable bonds is 7. The van der Waals surface area contributed by atoms with Crippen LogP contribution in [0, 0.1) is 23.7 Å². The van der Waals surface area contributed by atoms with Crippen molar-refractivity contribution in [2.75, 3.05) is 6.61 Å². The van der Waals surface area contributed by atoms with Crippen molar-refractivity contribution < 1.29 is 19.1 Å². The quantitative estimate of drug-likeness (QED) is 0.314. The van der Waals surface area contributed by atoms with E-state index in [-0.39, 0.29) is 11.9 Å². The van der Waals surface area contributed by atoms with Crippen molar-refractivity contribution in [3.63, 3.8) is 0 Å². The van der Waals surface area contributed by atoms with Crippen LogP contribution in [0.5, 0.6) is 0 Å². The summed E-state index contributed by atoms with van der Waals surface area (Å²) < 4.78 is 9.77. The molecular weight excluding hydrogens is 280 g/mol. The Labute approximate surface area is 132 Å². The number of esters is 2. The van der Waals surface area contributed by atoms with Crippen molar-refractivity contribution in [3.05, 3.63) is 24.3 Å². The van der Waals surface area contributed by atoms with E-state index in [2.05, 4.69) is 23.7 Å². The standard InChI is InChI=1S/C18H22O4/c1-4-18(22-17(3)20)14-12-10-8-6-5-7-9-11-13-15-21-16(2)19/h5-7,9,18H,4,11,13,15H2,1-3H3. The molecule has 0 spiro atoms. The third kappa shape index (κ3) is 14.0. The van der Waals surface area contributed by atoms with Crippen molar-refractivity contribution >= 4 is 11.9 Å². The van der Waals surface area contributed by atoms with Crippen molar-refractivity contribution in [2.24, 2.45) is 0 Å². The summed E-state index contributed by atoms with van der Waals surface area (Å²) in [5.74, 6) is 10.3. The third-order valence-electron chi connectivity index (χ3n) is 2.29. The number of ether oxygens (including phenoxy) is 2. The smallest absolute Gasteiger partial charge is 0.303 e. The summed E-state index contributed by atoms with van der Waals surface area (Å²) in [4.78, 5) is 21.3. The van der Waals surface area contributed by atoms with Crippen LogP contribution in [0.4, 0.5) is 0 Å². The van der Waals surface area contributed by atoms with Crippen LogP contribution in [-0.2, 0) is 19.1 Å². The van der Waals surface area contributed by atoms with Gasteiger partial charge in [-0.25, -0.2) is 0 Å². The molecule has 0 heterocycles. The van der Waals surface area contributed by atoms with Crippen LogP contribution in [0.25, 0.3) is 0 Å². The summed E-state index contributed by atoms with van der Waals surface area (Å²) >= 11 is 0. The van der Waals surface area contributed by atoms with Crippen LogP contribution in [0.2, 0.25) is 0 Å². The molecule has 0 amide bonds. The SMILES string of the molecule is CCC(C#CC#CC=CC=CCCCOC(C)=O)OC(C)=O. The first kappa shape index (κ1) is 19.5. The number of hydrogen-bond donors (Lipinski definition) is 0. The van der Waals surface area contributed by atoms with E-state index >= 15 is 0 Å². The zero-order valence-corrected chi connectivity index (χ0v) is 13.3. The Hall–Kier alpha value is -2.46. The normalized spacial score (nSPS) is 11.2. The predicted octanol–water partition coefficient (Wildman–Crippen LogP) is 2.79. The summed E-state index contributed by atoms with van der Waals surface area (Å²) in [6.07, 6.45) is 9.23. The fourth-order valence-corrected chi connectivity index (χ4v) is 1.31. The average molecular weight is 302 g/mol. The lowest BCUT2D eigenvalue weighted by atomic mass is 10.3. The van der Waals surface area contributed by atoms with Gasteiger partial charge >= 0.3 is 11.9 Å². The summed E-state index contributed by atoms with van der Waals surface area (Å²) in [6.45, 7) is 5.09. The molecule has 0 bridgehead atoms. The Balaban J connectivity index is 3.95. The van der Waals surface area contributed by atoms with Gasteiger partial charge in [-0.2, -0.15) is 0 Å². The predicted molar refractivity (Wildman–Crippen MR) is 85.5 cm³/mol. The van der Waals surface area contributed by atoms with Crippen LogP contribution in [-0.4, -0.2) is 24.6 Å². The van der Waals surface area contributed by atoms with Gasteiger partial charge in [-0.3, -0.25) is 9.59 Å². The molecule has 1 atom stereocenters. The molecule has 0 saturated heterocycles. The highest BCUT2D eigenvalue weighted by atomic mass is 16.5. The van der Waals surface area contributed by atoms with Crippen molar-refractivity contribution in [3.8, 4) is 23.7 Å². The van der Waals surface area contributed by atoms with Gasteiger partial charge in [0.2, 0.25) is 0 Å². The Morgan fingerprint density at radius 2 is 1.91 bits per heavy atom. The Kier molecular flexibility index (Phi) is 12.0. The molecule has 0 rings (SSSR count). The lowest BCUT2D eigenvalue weighted by molar-refractivity contribution is -0.144.